The van der Waals surface area contributed by atoms with E-state index in [9.17, 15) is 9.90 Å². The van der Waals surface area contributed by atoms with Gasteiger partial charge in [0.25, 0.3) is 0 Å². The van der Waals surface area contributed by atoms with Gasteiger partial charge in [-0.15, -0.1) is 0 Å². The summed E-state index contributed by atoms with van der Waals surface area (Å²) in [6, 6.07) is 3.33. The third kappa shape index (κ3) is 2.16. The minimum atomic E-state index is -1.04. The monoisotopic (exact) mass is 196 g/mol. The number of ether oxygens (including phenoxy) is 1. The molecule has 0 radical (unpaired) electrons. The molecule has 0 heterocycles. The van der Waals surface area contributed by atoms with Crippen molar-refractivity contribution >= 4 is 5.97 Å². The summed E-state index contributed by atoms with van der Waals surface area (Å²) < 4.78 is 4.97. The van der Waals surface area contributed by atoms with Crippen LogP contribution in [0.2, 0.25) is 0 Å². The minimum Gasteiger partial charge on any atom is -0.507 e. The molecule has 0 saturated heterocycles. The summed E-state index contributed by atoms with van der Waals surface area (Å²) in [5.74, 6) is -0.493. The molecule has 0 aliphatic rings. The summed E-state index contributed by atoms with van der Waals surface area (Å²) in [6.07, 6.45) is 0. The molecule has 1 aromatic rings. The molecule has 1 rings (SSSR count). The molecule has 76 valence electrons. The van der Waals surface area contributed by atoms with Crippen LogP contribution in [0.5, 0.6) is 11.5 Å². The van der Waals surface area contributed by atoms with Gasteiger partial charge in [-0.1, -0.05) is 6.07 Å². The fourth-order valence-corrected chi connectivity index (χ4v) is 1.11. The lowest BCUT2D eigenvalue weighted by molar-refractivity contribution is -0.139. The molecule has 0 saturated carbocycles. The van der Waals surface area contributed by atoms with E-state index in [1.165, 1.54) is 0 Å². The van der Waals surface area contributed by atoms with E-state index < -0.39 is 12.6 Å². The van der Waals surface area contributed by atoms with Crippen LogP contribution in [0.3, 0.4) is 0 Å². The lowest BCUT2D eigenvalue weighted by Gasteiger charge is -2.09. The molecule has 0 fully saturated rings. The van der Waals surface area contributed by atoms with Gasteiger partial charge >= 0.3 is 5.97 Å². The Balaban J connectivity index is 2.88. The number of carboxylic acid groups (broad SMARTS) is 1. The van der Waals surface area contributed by atoms with E-state index in [0.717, 1.165) is 5.56 Å². The number of phenolic OH excluding ortho intramolecular Hbond substituents is 1. The number of benzene rings is 1. The van der Waals surface area contributed by atoms with Crippen molar-refractivity contribution in [3.8, 4) is 11.5 Å². The number of aryl methyl sites for hydroxylation is 1. The molecule has 2 N–H and O–H groups in total. The summed E-state index contributed by atoms with van der Waals surface area (Å²) in [5, 5.41) is 17.9. The highest BCUT2D eigenvalue weighted by Gasteiger charge is 2.08. The Morgan fingerprint density at radius 2 is 2.07 bits per heavy atom. The maximum Gasteiger partial charge on any atom is 0.341 e. The van der Waals surface area contributed by atoms with Gasteiger partial charge < -0.3 is 14.9 Å². The number of rotatable bonds is 3. The van der Waals surface area contributed by atoms with Crippen LogP contribution in [-0.4, -0.2) is 22.8 Å². The molecule has 4 heteroatoms. The second-order valence-corrected chi connectivity index (χ2v) is 3.04. The molecule has 0 spiro atoms. The fraction of sp³-hybridized carbons (Fsp3) is 0.300. The van der Waals surface area contributed by atoms with Crippen LogP contribution in [0, 0.1) is 13.8 Å². The van der Waals surface area contributed by atoms with Gasteiger partial charge in [0, 0.05) is 5.56 Å². The van der Waals surface area contributed by atoms with Gasteiger partial charge in [0.2, 0.25) is 0 Å². The second-order valence-electron chi connectivity index (χ2n) is 3.04. The molecule has 4 nitrogen and oxygen atoms in total. The van der Waals surface area contributed by atoms with E-state index in [4.69, 9.17) is 9.84 Å². The number of phenols is 1. The molecular weight excluding hydrogens is 184 g/mol. The first-order valence-corrected chi connectivity index (χ1v) is 4.16. The lowest BCUT2D eigenvalue weighted by atomic mass is 10.1. The van der Waals surface area contributed by atoms with Gasteiger partial charge in [0.05, 0.1) is 0 Å². The highest BCUT2D eigenvalue weighted by atomic mass is 16.5. The topological polar surface area (TPSA) is 66.8 Å². The summed E-state index contributed by atoms with van der Waals surface area (Å²) in [7, 11) is 0. The predicted molar refractivity (Wildman–Crippen MR) is 50.7 cm³/mol. The SMILES string of the molecule is Cc1ccc(OCC(=O)O)c(C)c1O. The van der Waals surface area contributed by atoms with E-state index in [0.29, 0.717) is 11.3 Å². The number of aromatic hydroxyl groups is 1. The molecule has 14 heavy (non-hydrogen) atoms. The number of hydrogen-bond acceptors (Lipinski definition) is 3. The van der Waals surface area contributed by atoms with E-state index in [-0.39, 0.29) is 5.75 Å². The number of carbonyl (C=O) groups is 1. The minimum absolute atomic E-state index is 0.146. The van der Waals surface area contributed by atoms with Crippen LogP contribution in [0.4, 0.5) is 0 Å². The first-order valence-electron chi connectivity index (χ1n) is 4.16. The van der Waals surface area contributed by atoms with Gasteiger partial charge in [-0.3, -0.25) is 0 Å². The predicted octanol–water partition coefficient (Wildman–Crippen LogP) is 1.47. The Morgan fingerprint density at radius 3 is 2.64 bits per heavy atom. The van der Waals surface area contributed by atoms with Crippen molar-refractivity contribution in [2.45, 2.75) is 13.8 Å². The van der Waals surface area contributed by atoms with Crippen LogP contribution in [0.15, 0.2) is 12.1 Å². The Bertz CT molecular complexity index is 357. The van der Waals surface area contributed by atoms with Gasteiger partial charge in [-0.2, -0.15) is 0 Å². The third-order valence-electron chi connectivity index (χ3n) is 1.93. The van der Waals surface area contributed by atoms with Crippen molar-refractivity contribution in [2.24, 2.45) is 0 Å². The Kier molecular flexibility index (Phi) is 2.96. The summed E-state index contributed by atoms with van der Waals surface area (Å²) in [5.41, 5.74) is 1.30. The standard InChI is InChI=1S/C10H12O4/c1-6-3-4-8(7(2)10(6)13)14-5-9(11)12/h3-4,13H,5H2,1-2H3,(H,11,12). The summed E-state index contributed by atoms with van der Waals surface area (Å²) in [4.78, 5) is 10.2. The van der Waals surface area contributed by atoms with E-state index in [1.54, 1.807) is 26.0 Å². The number of hydrogen-bond donors (Lipinski definition) is 2. The van der Waals surface area contributed by atoms with E-state index in [1.807, 2.05) is 0 Å². The van der Waals surface area contributed by atoms with Crippen LogP contribution in [-0.2, 0) is 4.79 Å². The first-order chi connectivity index (χ1) is 6.52. The van der Waals surface area contributed by atoms with Gasteiger partial charge in [0.15, 0.2) is 6.61 Å². The van der Waals surface area contributed by atoms with Crippen molar-refractivity contribution in [2.75, 3.05) is 6.61 Å². The van der Waals surface area contributed by atoms with Crippen molar-refractivity contribution < 1.29 is 19.7 Å². The first kappa shape index (κ1) is 10.4. The molecule has 0 amide bonds. The largest absolute Gasteiger partial charge is 0.507 e. The Hall–Kier alpha value is -1.71. The van der Waals surface area contributed by atoms with E-state index in [2.05, 4.69) is 0 Å². The molecular formula is C10H12O4. The van der Waals surface area contributed by atoms with Crippen LogP contribution in [0.1, 0.15) is 11.1 Å². The van der Waals surface area contributed by atoms with Gasteiger partial charge in [-0.25, -0.2) is 4.79 Å². The van der Waals surface area contributed by atoms with Gasteiger partial charge in [0.1, 0.15) is 11.5 Å². The summed E-state index contributed by atoms with van der Waals surface area (Å²) in [6.45, 7) is 3.05. The zero-order chi connectivity index (χ0) is 10.7. The lowest BCUT2D eigenvalue weighted by Crippen LogP contribution is -2.10. The average Bonchev–Trinajstić information content (AvgIpc) is 2.13. The zero-order valence-electron chi connectivity index (χ0n) is 8.07. The average molecular weight is 196 g/mol. The molecule has 0 aliphatic heterocycles. The quantitative estimate of drug-likeness (QED) is 0.768. The molecule has 0 unspecified atom stereocenters. The van der Waals surface area contributed by atoms with Crippen LogP contribution >= 0.6 is 0 Å². The number of aliphatic carboxylic acids is 1. The molecule has 0 aromatic heterocycles. The van der Waals surface area contributed by atoms with Crippen molar-refractivity contribution in [1.29, 1.82) is 0 Å². The zero-order valence-corrected chi connectivity index (χ0v) is 8.07. The maximum atomic E-state index is 10.2. The number of carboxylic acids is 1. The Morgan fingerprint density at radius 1 is 1.43 bits per heavy atom. The maximum absolute atomic E-state index is 10.2. The molecule has 0 atom stereocenters. The molecule has 0 bridgehead atoms. The van der Waals surface area contributed by atoms with E-state index >= 15 is 0 Å². The molecule has 1 aromatic carbocycles. The molecule has 0 aliphatic carbocycles. The normalized spacial score (nSPS) is 9.86. The fourth-order valence-electron chi connectivity index (χ4n) is 1.11. The highest BCUT2D eigenvalue weighted by molar-refractivity contribution is 5.68. The van der Waals surface area contributed by atoms with Crippen molar-refractivity contribution in [3.05, 3.63) is 23.3 Å². The smallest absolute Gasteiger partial charge is 0.341 e. The van der Waals surface area contributed by atoms with Crippen LogP contribution < -0.4 is 4.74 Å². The highest BCUT2D eigenvalue weighted by Crippen LogP contribution is 2.29. The second kappa shape index (κ2) is 4.00. The van der Waals surface area contributed by atoms with Crippen molar-refractivity contribution in [3.63, 3.8) is 0 Å². The van der Waals surface area contributed by atoms with Crippen LogP contribution in [0.25, 0.3) is 0 Å². The summed E-state index contributed by atoms with van der Waals surface area (Å²) >= 11 is 0. The van der Waals surface area contributed by atoms with Crippen molar-refractivity contribution in [1.82, 2.24) is 0 Å². The third-order valence-corrected chi connectivity index (χ3v) is 1.93. The Labute approximate surface area is 81.8 Å². The van der Waals surface area contributed by atoms with Gasteiger partial charge in [-0.05, 0) is 25.5 Å².